The Labute approximate surface area is 107 Å². The van der Waals surface area contributed by atoms with Gasteiger partial charge in [0, 0.05) is 32.1 Å². The molecule has 5 heteroatoms. The summed E-state index contributed by atoms with van der Waals surface area (Å²) in [5.74, 6) is 0.971. The first-order valence-electron chi connectivity index (χ1n) is 6.04. The molecule has 2 rings (SSSR count). The van der Waals surface area contributed by atoms with E-state index in [4.69, 9.17) is 10.5 Å². The van der Waals surface area contributed by atoms with Gasteiger partial charge in [0.2, 0.25) is 5.91 Å². The number of nitrogens with zero attached hydrogens (tertiary/aromatic N) is 1. The fourth-order valence-corrected chi connectivity index (χ4v) is 2.14. The van der Waals surface area contributed by atoms with E-state index in [1.54, 1.807) is 12.0 Å². The number of hydrogen-bond acceptors (Lipinski definition) is 4. The topological polar surface area (TPSA) is 67.6 Å². The van der Waals surface area contributed by atoms with Gasteiger partial charge in [0.05, 0.1) is 18.5 Å². The number of hydrogen-bond donors (Lipinski definition) is 2. The SMILES string of the molecule is COc1ccc(N)c(NC2CCC(=O)N(C)C2)c1. The standard InChI is InChI=1S/C13H19N3O2/c1-16-8-9(3-6-13(16)17)15-12-7-10(18-2)4-5-11(12)14/h4-5,7,9,15H,3,6,8,14H2,1-2H3. The van der Waals surface area contributed by atoms with Crippen molar-refractivity contribution in [3.63, 3.8) is 0 Å². The van der Waals surface area contributed by atoms with E-state index >= 15 is 0 Å². The molecular formula is C13H19N3O2. The van der Waals surface area contributed by atoms with Gasteiger partial charge in [0.1, 0.15) is 5.75 Å². The maximum Gasteiger partial charge on any atom is 0.222 e. The number of carbonyl (C=O) groups excluding carboxylic acids is 1. The highest BCUT2D eigenvalue weighted by molar-refractivity contribution is 5.77. The molecule has 0 saturated carbocycles. The van der Waals surface area contributed by atoms with Crippen LogP contribution in [-0.4, -0.2) is 37.6 Å². The van der Waals surface area contributed by atoms with Gasteiger partial charge in [-0.15, -0.1) is 0 Å². The first-order valence-corrected chi connectivity index (χ1v) is 6.04. The number of likely N-dealkylation sites (tertiary alicyclic amines) is 1. The molecular weight excluding hydrogens is 230 g/mol. The minimum Gasteiger partial charge on any atom is -0.497 e. The van der Waals surface area contributed by atoms with Crippen molar-refractivity contribution in [3.8, 4) is 5.75 Å². The average molecular weight is 249 g/mol. The number of rotatable bonds is 3. The summed E-state index contributed by atoms with van der Waals surface area (Å²) in [7, 11) is 3.45. The fourth-order valence-electron chi connectivity index (χ4n) is 2.14. The Morgan fingerprint density at radius 1 is 1.50 bits per heavy atom. The molecule has 1 atom stereocenters. The Morgan fingerprint density at radius 3 is 2.94 bits per heavy atom. The number of nitrogens with one attached hydrogen (secondary N) is 1. The van der Waals surface area contributed by atoms with E-state index in [2.05, 4.69) is 5.32 Å². The van der Waals surface area contributed by atoms with Crippen LogP contribution in [0, 0.1) is 0 Å². The Hall–Kier alpha value is -1.91. The second-order valence-corrected chi connectivity index (χ2v) is 4.61. The fraction of sp³-hybridized carbons (Fsp3) is 0.462. The van der Waals surface area contributed by atoms with E-state index in [9.17, 15) is 4.79 Å². The quantitative estimate of drug-likeness (QED) is 0.793. The molecule has 1 aromatic rings. The summed E-state index contributed by atoms with van der Waals surface area (Å²) in [5, 5.41) is 3.38. The molecule has 18 heavy (non-hydrogen) atoms. The highest BCUT2D eigenvalue weighted by atomic mass is 16.5. The number of benzene rings is 1. The van der Waals surface area contributed by atoms with Crippen LogP contribution in [0.2, 0.25) is 0 Å². The Kier molecular flexibility index (Phi) is 3.60. The largest absolute Gasteiger partial charge is 0.497 e. The summed E-state index contributed by atoms with van der Waals surface area (Å²) in [4.78, 5) is 13.2. The van der Waals surface area contributed by atoms with Gasteiger partial charge >= 0.3 is 0 Å². The minimum atomic E-state index is 0.201. The molecule has 1 heterocycles. The zero-order chi connectivity index (χ0) is 13.1. The van der Waals surface area contributed by atoms with Crippen molar-refractivity contribution >= 4 is 17.3 Å². The number of nitrogen functional groups attached to an aromatic ring is 1. The number of carbonyl (C=O) groups is 1. The van der Waals surface area contributed by atoms with Gasteiger partial charge in [-0.2, -0.15) is 0 Å². The van der Waals surface area contributed by atoms with Crippen LogP contribution in [0.1, 0.15) is 12.8 Å². The molecule has 1 aliphatic heterocycles. The smallest absolute Gasteiger partial charge is 0.222 e. The summed E-state index contributed by atoms with van der Waals surface area (Å²) >= 11 is 0. The highest BCUT2D eigenvalue weighted by Crippen LogP contribution is 2.26. The van der Waals surface area contributed by atoms with Crippen molar-refractivity contribution in [2.24, 2.45) is 0 Å². The second kappa shape index (κ2) is 5.16. The summed E-state index contributed by atoms with van der Waals surface area (Å²) < 4.78 is 5.18. The van der Waals surface area contributed by atoms with E-state index in [1.165, 1.54) is 0 Å². The molecule has 1 aliphatic rings. The molecule has 0 aliphatic carbocycles. The maximum atomic E-state index is 11.4. The lowest BCUT2D eigenvalue weighted by atomic mass is 10.1. The number of nitrogens with two attached hydrogens (primary N) is 1. The molecule has 0 bridgehead atoms. The van der Waals surface area contributed by atoms with Crippen molar-refractivity contribution < 1.29 is 9.53 Å². The van der Waals surface area contributed by atoms with Crippen LogP contribution in [-0.2, 0) is 4.79 Å². The predicted octanol–water partition coefficient (Wildman–Crippen LogP) is 1.31. The van der Waals surface area contributed by atoms with Crippen LogP contribution < -0.4 is 15.8 Å². The summed E-state index contributed by atoms with van der Waals surface area (Å²) in [6.45, 7) is 0.704. The van der Waals surface area contributed by atoms with Crippen LogP contribution in [0.15, 0.2) is 18.2 Å². The van der Waals surface area contributed by atoms with Crippen molar-refractivity contribution in [1.29, 1.82) is 0 Å². The maximum absolute atomic E-state index is 11.4. The van der Waals surface area contributed by atoms with E-state index in [0.29, 0.717) is 18.7 Å². The van der Waals surface area contributed by atoms with E-state index in [0.717, 1.165) is 17.9 Å². The number of likely N-dealkylation sites (N-methyl/N-ethyl adjacent to an activating group) is 1. The zero-order valence-corrected chi connectivity index (χ0v) is 10.8. The average Bonchev–Trinajstić information content (AvgIpc) is 2.36. The predicted molar refractivity (Wildman–Crippen MR) is 71.7 cm³/mol. The number of piperidine rings is 1. The number of amides is 1. The van der Waals surface area contributed by atoms with Crippen molar-refractivity contribution in [2.75, 3.05) is 31.8 Å². The molecule has 5 nitrogen and oxygen atoms in total. The number of ether oxygens (including phenoxy) is 1. The first kappa shape index (κ1) is 12.5. The van der Waals surface area contributed by atoms with Gasteiger partial charge < -0.3 is 20.7 Å². The lowest BCUT2D eigenvalue weighted by Crippen LogP contribution is -2.43. The molecule has 0 aromatic heterocycles. The summed E-state index contributed by atoms with van der Waals surface area (Å²) in [6, 6.07) is 5.77. The van der Waals surface area contributed by atoms with Crippen molar-refractivity contribution in [2.45, 2.75) is 18.9 Å². The molecule has 0 radical (unpaired) electrons. The second-order valence-electron chi connectivity index (χ2n) is 4.61. The summed E-state index contributed by atoms with van der Waals surface area (Å²) in [5.41, 5.74) is 7.48. The Bertz CT molecular complexity index is 448. The molecule has 3 N–H and O–H groups in total. The van der Waals surface area contributed by atoms with Crippen molar-refractivity contribution in [3.05, 3.63) is 18.2 Å². The zero-order valence-electron chi connectivity index (χ0n) is 10.8. The van der Waals surface area contributed by atoms with Gasteiger partial charge in [-0.3, -0.25) is 4.79 Å². The Balaban J connectivity index is 2.07. The third-order valence-electron chi connectivity index (χ3n) is 3.25. The molecule has 1 saturated heterocycles. The molecule has 98 valence electrons. The lowest BCUT2D eigenvalue weighted by Gasteiger charge is -2.31. The monoisotopic (exact) mass is 249 g/mol. The number of methoxy groups -OCH3 is 1. The molecule has 1 unspecified atom stereocenters. The van der Waals surface area contributed by atoms with Gasteiger partial charge in [0.15, 0.2) is 0 Å². The van der Waals surface area contributed by atoms with Crippen LogP contribution in [0.25, 0.3) is 0 Å². The molecule has 1 fully saturated rings. The minimum absolute atomic E-state index is 0.201. The molecule has 0 spiro atoms. The lowest BCUT2D eigenvalue weighted by molar-refractivity contribution is -0.132. The third kappa shape index (κ3) is 2.67. The van der Waals surface area contributed by atoms with Crippen LogP contribution >= 0.6 is 0 Å². The molecule has 1 amide bonds. The third-order valence-corrected chi connectivity index (χ3v) is 3.25. The van der Waals surface area contributed by atoms with Gasteiger partial charge in [0.25, 0.3) is 0 Å². The number of anilines is 2. The van der Waals surface area contributed by atoms with E-state index in [1.807, 2.05) is 25.2 Å². The highest BCUT2D eigenvalue weighted by Gasteiger charge is 2.23. The molecule has 1 aromatic carbocycles. The van der Waals surface area contributed by atoms with Gasteiger partial charge in [-0.05, 0) is 18.6 Å². The van der Waals surface area contributed by atoms with E-state index < -0.39 is 0 Å². The Morgan fingerprint density at radius 2 is 2.28 bits per heavy atom. The summed E-state index contributed by atoms with van der Waals surface area (Å²) in [6.07, 6.45) is 1.41. The first-order chi connectivity index (χ1) is 8.60. The normalized spacial score (nSPS) is 19.8. The van der Waals surface area contributed by atoms with Crippen molar-refractivity contribution in [1.82, 2.24) is 4.90 Å². The van der Waals surface area contributed by atoms with Crippen LogP contribution in [0.3, 0.4) is 0 Å². The van der Waals surface area contributed by atoms with Gasteiger partial charge in [-0.25, -0.2) is 0 Å². The van der Waals surface area contributed by atoms with Crippen LogP contribution in [0.5, 0.6) is 5.75 Å². The van der Waals surface area contributed by atoms with Crippen LogP contribution in [0.4, 0.5) is 11.4 Å². The van der Waals surface area contributed by atoms with E-state index in [-0.39, 0.29) is 11.9 Å². The van der Waals surface area contributed by atoms with Gasteiger partial charge in [-0.1, -0.05) is 0 Å².